The number of hydrogen-bond acceptors (Lipinski definition) is 6. The summed E-state index contributed by atoms with van der Waals surface area (Å²) in [6.45, 7) is 5.29. The number of aromatic nitrogens is 2. The van der Waals surface area contributed by atoms with Gasteiger partial charge in [0.2, 0.25) is 0 Å². The van der Waals surface area contributed by atoms with Crippen LogP contribution in [0.15, 0.2) is 47.7 Å². The Balaban J connectivity index is 1.25. The molecule has 4 rings (SSSR count). The smallest absolute Gasteiger partial charge is 0.267 e. The van der Waals surface area contributed by atoms with Crippen molar-refractivity contribution < 1.29 is 17.9 Å². The van der Waals surface area contributed by atoms with Gasteiger partial charge in [-0.1, -0.05) is 12.2 Å². The number of piperidine rings is 1. The molecule has 2 aromatic heterocycles. The molecule has 8 nitrogen and oxygen atoms in total. The number of aromatic amines is 1. The van der Waals surface area contributed by atoms with Crippen LogP contribution >= 0.6 is 0 Å². The Morgan fingerprint density at radius 2 is 2.12 bits per heavy atom. The van der Waals surface area contributed by atoms with Crippen LogP contribution in [0.4, 0.5) is 0 Å². The molecule has 0 aliphatic carbocycles. The molecular weight excluding hydrogens is 428 g/mol. The summed E-state index contributed by atoms with van der Waals surface area (Å²) in [4.78, 5) is 22.1. The Kier molecular flexibility index (Phi) is 7.07. The Bertz CT molecular complexity index is 1080. The largest absolute Gasteiger partial charge is 0.378 e. The lowest BCUT2D eigenvalue weighted by molar-refractivity contribution is -0.0695. The lowest BCUT2D eigenvalue weighted by Crippen LogP contribution is -2.53. The van der Waals surface area contributed by atoms with Gasteiger partial charge >= 0.3 is 0 Å². The molecule has 0 saturated carbocycles. The third-order valence-electron chi connectivity index (χ3n) is 6.21. The van der Waals surface area contributed by atoms with Crippen LogP contribution in [0.1, 0.15) is 36.7 Å². The summed E-state index contributed by atoms with van der Waals surface area (Å²) in [7, 11) is -3.36. The van der Waals surface area contributed by atoms with Crippen LogP contribution in [0.2, 0.25) is 0 Å². The van der Waals surface area contributed by atoms with Crippen LogP contribution in [0, 0.1) is 0 Å². The molecule has 4 heterocycles. The molecule has 1 amide bonds. The third kappa shape index (κ3) is 4.95. The van der Waals surface area contributed by atoms with Crippen molar-refractivity contribution in [1.82, 2.24) is 20.2 Å². The normalized spacial score (nSPS) is 19.5. The quantitative estimate of drug-likeness (QED) is 0.465. The zero-order valence-electron chi connectivity index (χ0n) is 18.3. The van der Waals surface area contributed by atoms with Crippen LogP contribution in [0.25, 0.3) is 10.9 Å². The van der Waals surface area contributed by atoms with Crippen molar-refractivity contribution in [3.05, 3.63) is 53.4 Å². The number of allylic oxidation sites excluding steroid dienone is 2. The highest BCUT2D eigenvalue weighted by Crippen LogP contribution is 2.26. The number of nitrogens with one attached hydrogen (secondary N) is 2. The molecule has 2 fully saturated rings. The highest BCUT2D eigenvalue weighted by molar-refractivity contribution is 7.96. The molecule has 172 valence electrons. The fraction of sp³-hybridized carbons (Fsp3) is 0.478. The number of sulfone groups is 1. The molecule has 2 N–H and O–H groups in total. The first-order valence-corrected chi connectivity index (χ1v) is 12.6. The molecule has 0 bridgehead atoms. The van der Waals surface area contributed by atoms with Crippen LogP contribution in [0.3, 0.4) is 0 Å². The van der Waals surface area contributed by atoms with Crippen molar-refractivity contribution in [3.63, 3.8) is 0 Å². The first-order valence-electron chi connectivity index (χ1n) is 11.1. The molecule has 0 atom stereocenters. The number of nitrogens with zero attached hydrogens (tertiary/aromatic N) is 2. The lowest BCUT2D eigenvalue weighted by Gasteiger charge is -2.41. The maximum atomic E-state index is 13.1. The van der Waals surface area contributed by atoms with E-state index in [1.807, 2.05) is 12.1 Å². The Morgan fingerprint density at radius 1 is 1.34 bits per heavy atom. The second kappa shape index (κ2) is 9.97. The molecular formula is C23H30N4O4S. The van der Waals surface area contributed by atoms with E-state index in [4.69, 9.17) is 4.74 Å². The van der Waals surface area contributed by atoms with Crippen molar-refractivity contribution in [3.8, 4) is 0 Å². The van der Waals surface area contributed by atoms with E-state index in [9.17, 15) is 13.2 Å². The van der Waals surface area contributed by atoms with Gasteiger partial charge in [-0.15, -0.1) is 0 Å². The molecule has 0 spiro atoms. The summed E-state index contributed by atoms with van der Waals surface area (Å²) in [5.74, 6) is -0.197. The summed E-state index contributed by atoms with van der Waals surface area (Å²) in [5, 5.41) is 3.39. The Labute approximate surface area is 188 Å². The summed E-state index contributed by atoms with van der Waals surface area (Å²) < 4.78 is 31.4. The predicted molar refractivity (Wildman–Crippen MR) is 124 cm³/mol. The molecule has 2 aliphatic heterocycles. The highest BCUT2D eigenvalue weighted by atomic mass is 32.2. The molecule has 2 aliphatic rings. The van der Waals surface area contributed by atoms with Gasteiger partial charge in [0.1, 0.15) is 5.69 Å². The number of likely N-dealkylation sites (tertiary alicyclic amines) is 1. The van der Waals surface area contributed by atoms with Gasteiger partial charge < -0.3 is 15.0 Å². The molecule has 0 aromatic carbocycles. The molecule has 9 heteroatoms. The zero-order chi connectivity index (χ0) is 22.6. The second-order valence-electron chi connectivity index (χ2n) is 8.26. The molecule has 2 saturated heterocycles. The molecule has 2 aromatic rings. The fourth-order valence-electron chi connectivity index (χ4n) is 4.19. The summed E-state index contributed by atoms with van der Waals surface area (Å²) in [6, 6.07) is 4.04. The zero-order valence-corrected chi connectivity index (χ0v) is 19.1. The van der Waals surface area contributed by atoms with Gasteiger partial charge in [-0.2, -0.15) is 0 Å². The number of hydrogen-bond donors (Lipinski definition) is 2. The number of carbonyl (C=O) groups excluding carboxylic acids is 1. The van der Waals surface area contributed by atoms with Crippen LogP contribution in [0.5, 0.6) is 0 Å². The summed E-state index contributed by atoms with van der Waals surface area (Å²) in [6.07, 6.45) is 10.4. The van der Waals surface area contributed by atoms with Crippen LogP contribution < -0.4 is 5.32 Å². The van der Waals surface area contributed by atoms with Gasteiger partial charge in [0.05, 0.1) is 29.4 Å². The third-order valence-corrected chi connectivity index (χ3v) is 8.59. The topological polar surface area (TPSA) is 104 Å². The van der Waals surface area contributed by atoms with Crippen molar-refractivity contribution >= 4 is 26.6 Å². The average molecular weight is 459 g/mol. The average Bonchev–Trinajstić information content (AvgIpc) is 3.19. The van der Waals surface area contributed by atoms with E-state index < -0.39 is 9.84 Å². The van der Waals surface area contributed by atoms with E-state index in [2.05, 4.69) is 20.2 Å². The minimum absolute atomic E-state index is 0.197. The van der Waals surface area contributed by atoms with Gasteiger partial charge in [0, 0.05) is 29.8 Å². The van der Waals surface area contributed by atoms with Gasteiger partial charge in [0.25, 0.3) is 5.91 Å². The maximum absolute atomic E-state index is 13.1. The number of H-pyrrole nitrogens is 1. The molecule has 0 unspecified atom stereocenters. The van der Waals surface area contributed by atoms with Crippen molar-refractivity contribution in [2.75, 3.05) is 32.8 Å². The molecule has 0 radical (unpaired) electrons. The number of rotatable bonds is 8. The monoisotopic (exact) mass is 458 g/mol. The Morgan fingerprint density at radius 3 is 2.78 bits per heavy atom. The van der Waals surface area contributed by atoms with E-state index in [-0.39, 0.29) is 11.2 Å². The minimum atomic E-state index is -3.36. The van der Waals surface area contributed by atoms with Gasteiger partial charge in [-0.25, -0.2) is 8.42 Å². The van der Waals surface area contributed by atoms with Crippen molar-refractivity contribution in [2.45, 2.75) is 37.5 Å². The second-order valence-corrected chi connectivity index (χ2v) is 10.5. The summed E-state index contributed by atoms with van der Waals surface area (Å²) in [5.41, 5.74) is 1.34. The van der Waals surface area contributed by atoms with E-state index in [1.54, 1.807) is 37.5 Å². The van der Waals surface area contributed by atoms with Gasteiger partial charge in [0.15, 0.2) is 9.84 Å². The van der Waals surface area contributed by atoms with Gasteiger partial charge in [-0.05, 0) is 57.5 Å². The van der Waals surface area contributed by atoms with Crippen molar-refractivity contribution in [1.29, 1.82) is 0 Å². The van der Waals surface area contributed by atoms with E-state index in [0.29, 0.717) is 42.4 Å². The predicted octanol–water partition coefficient (Wildman–Crippen LogP) is 2.42. The van der Waals surface area contributed by atoms with E-state index >= 15 is 0 Å². The SMILES string of the molecule is CC=C(C=CCCNC(=O)c1cc2cnccc2[nH]1)S(=O)(=O)C1CCN(C2COC2)CC1. The maximum Gasteiger partial charge on any atom is 0.267 e. The first-order chi connectivity index (χ1) is 15.5. The fourth-order valence-corrected chi connectivity index (χ4v) is 6.02. The first kappa shape index (κ1) is 22.7. The number of amides is 1. The lowest BCUT2D eigenvalue weighted by atomic mass is 10.1. The van der Waals surface area contributed by atoms with Crippen LogP contribution in [-0.4, -0.2) is 73.3 Å². The van der Waals surface area contributed by atoms with E-state index in [0.717, 1.165) is 37.2 Å². The highest BCUT2D eigenvalue weighted by Gasteiger charge is 2.35. The number of carbonyl (C=O) groups is 1. The van der Waals surface area contributed by atoms with E-state index in [1.165, 1.54) is 0 Å². The van der Waals surface area contributed by atoms with Crippen molar-refractivity contribution in [2.24, 2.45) is 0 Å². The number of fused-ring (bicyclic) bond motifs is 1. The number of pyridine rings is 1. The number of ether oxygens (including phenoxy) is 1. The molecule has 32 heavy (non-hydrogen) atoms. The minimum Gasteiger partial charge on any atom is -0.378 e. The van der Waals surface area contributed by atoms with Gasteiger partial charge in [-0.3, -0.25) is 14.7 Å². The Hall–Kier alpha value is -2.49. The summed E-state index contributed by atoms with van der Waals surface area (Å²) >= 11 is 0. The van der Waals surface area contributed by atoms with Crippen LogP contribution in [-0.2, 0) is 14.6 Å². The standard InChI is InChI=1S/C23H30N4O4S/c1-2-19(32(29,30)20-7-11-27(12-8-20)18-15-31-16-18)5-3-4-9-25-23(28)22-13-17-14-24-10-6-21(17)26-22/h2-3,5-6,10,13-14,18,20,26H,4,7-9,11-12,15-16H2,1H3,(H,25,28).